The van der Waals surface area contributed by atoms with Crippen molar-refractivity contribution in [3.63, 3.8) is 0 Å². The van der Waals surface area contributed by atoms with Crippen molar-refractivity contribution in [3.05, 3.63) is 0 Å². The first-order valence-corrected chi connectivity index (χ1v) is 8.01. The number of nitrogens with zero attached hydrogens (tertiary/aromatic N) is 1. The monoisotopic (exact) mass is 284 g/mol. The lowest BCUT2D eigenvalue weighted by Crippen LogP contribution is -2.52. The average Bonchev–Trinajstić information content (AvgIpc) is 2.41. The van der Waals surface area contributed by atoms with Gasteiger partial charge in [0.1, 0.15) is 0 Å². The second-order valence-electron chi connectivity index (χ2n) is 5.68. The number of likely N-dealkylation sites (tertiary alicyclic amines) is 1. The van der Waals surface area contributed by atoms with Gasteiger partial charge in [-0.1, -0.05) is 45.8 Å². The third-order valence-corrected chi connectivity index (χ3v) is 5.08. The molecule has 3 nitrogen and oxygen atoms in total. The highest BCUT2D eigenvalue weighted by Crippen LogP contribution is 2.32. The number of hydrogen-bond acceptors (Lipinski definition) is 2. The Kier molecular flexibility index (Phi) is 6.24. The van der Waals surface area contributed by atoms with Gasteiger partial charge in [0.05, 0.1) is 10.4 Å². The van der Waals surface area contributed by atoms with Crippen LogP contribution in [0.4, 0.5) is 0 Å². The molecule has 1 aliphatic heterocycles. The van der Waals surface area contributed by atoms with Crippen LogP contribution >= 0.6 is 12.2 Å². The Morgan fingerprint density at radius 3 is 2.16 bits per heavy atom. The molecule has 1 heterocycles. The standard InChI is InChI=1S/C15H28N2OS/c1-4-7-12-8-10-17(11-9-12)14(18)15(5-2,6-3)13(16)19/h12H,4-11H2,1-3H3,(H2,16,19). The summed E-state index contributed by atoms with van der Waals surface area (Å²) in [7, 11) is 0. The molecule has 0 aromatic rings. The second-order valence-corrected chi connectivity index (χ2v) is 6.12. The van der Waals surface area contributed by atoms with Gasteiger partial charge in [-0.05, 0) is 31.6 Å². The van der Waals surface area contributed by atoms with Crippen molar-refractivity contribution in [1.29, 1.82) is 0 Å². The number of amides is 1. The van der Waals surface area contributed by atoms with Crippen LogP contribution in [0.15, 0.2) is 0 Å². The van der Waals surface area contributed by atoms with Crippen LogP contribution in [0.3, 0.4) is 0 Å². The fourth-order valence-corrected chi connectivity index (χ4v) is 3.52. The van der Waals surface area contributed by atoms with E-state index in [-0.39, 0.29) is 5.91 Å². The van der Waals surface area contributed by atoms with Gasteiger partial charge >= 0.3 is 0 Å². The number of thiocarbonyl (C=S) groups is 1. The first-order valence-electron chi connectivity index (χ1n) is 7.61. The van der Waals surface area contributed by atoms with E-state index in [0.29, 0.717) is 17.8 Å². The molecule has 4 heteroatoms. The lowest BCUT2D eigenvalue weighted by atomic mass is 9.80. The molecule has 1 rings (SSSR count). The second kappa shape index (κ2) is 7.22. The summed E-state index contributed by atoms with van der Waals surface area (Å²) >= 11 is 5.17. The smallest absolute Gasteiger partial charge is 0.235 e. The Morgan fingerprint density at radius 1 is 1.26 bits per heavy atom. The minimum Gasteiger partial charge on any atom is -0.392 e. The Morgan fingerprint density at radius 2 is 1.79 bits per heavy atom. The van der Waals surface area contributed by atoms with Gasteiger partial charge in [-0.15, -0.1) is 0 Å². The molecule has 0 radical (unpaired) electrons. The molecule has 0 aromatic heterocycles. The fraction of sp³-hybridized carbons (Fsp3) is 0.867. The molecule has 0 saturated carbocycles. The zero-order chi connectivity index (χ0) is 14.5. The van der Waals surface area contributed by atoms with Crippen molar-refractivity contribution < 1.29 is 4.79 Å². The Labute approximate surface area is 122 Å². The van der Waals surface area contributed by atoms with Gasteiger partial charge in [-0.25, -0.2) is 0 Å². The predicted octanol–water partition coefficient (Wildman–Crippen LogP) is 3.12. The molecule has 0 spiro atoms. The minimum atomic E-state index is -0.618. The molecule has 1 fully saturated rings. The highest BCUT2D eigenvalue weighted by molar-refractivity contribution is 7.80. The molecule has 1 saturated heterocycles. The van der Waals surface area contributed by atoms with Crippen LogP contribution < -0.4 is 5.73 Å². The summed E-state index contributed by atoms with van der Waals surface area (Å²) in [6.07, 6.45) is 6.17. The molecule has 110 valence electrons. The van der Waals surface area contributed by atoms with Gasteiger partial charge in [0.15, 0.2) is 0 Å². The molecule has 0 bridgehead atoms. The quantitative estimate of drug-likeness (QED) is 0.762. The van der Waals surface area contributed by atoms with Crippen LogP contribution in [0.1, 0.15) is 59.3 Å². The summed E-state index contributed by atoms with van der Waals surface area (Å²) in [5.74, 6) is 0.941. The maximum atomic E-state index is 12.7. The normalized spacial score (nSPS) is 17.5. The van der Waals surface area contributed by atoms with E-state index in [0.717, 1.165) is 31.8 Å². The summed E-state index contributed by atoms with van der Waals surface area (Å²) < 4.78 is 0. The van der Waals surface area contributed by atoms with E-state index in [1.165, 1.54) is 12.8 Å². The lowest BCUT2D eigenvalue weighted by Gasteiger charge is -2.39. The number of carbonyl (C=O) groups is 1. The van der Waals surface area contributed by atoms with Crippen LogP contribution in [0.25, 0.3) is 0 Å². The molecule has 2 N–H and O–H groups in total. The molecule has 0 aromatic carbocycles. The summed E-state index contributed by atoms with van der Waals surface area (Å²) in [5.41, 5.74) is 5.24. The molecule has 0 unspecified atom stereocenters. The third-order valence-electron chi connectivity index (χ3n) is 4.69. The van der Waals surface area contributed by atoms with Gasteiger partial charge in [-0.3, -0.25) is 4.79 Å². The maximum Gasteiger partial charge on any atom is 0.235 e. The number of carbonyl (C=O) groups excluding carboxylic acids is 1. The van der Waals surface area contributed by atoms with Crippen molar-refractivity contribution in [3.8, 4) is 0 Å². The number of rotatable bonds is 6. The van der Waals surface area contributed by atoms with Crippen molar-refractivity contribution in [2.24, 2.45) is 17.1 Å². The molecule has 1 aliphatic rings. The van der Waals surface area contributed by atoms with E-state index in [2.05, 4.69) is 6.92 Å². The van der Waals surface area contributed by atoms with E-state index < -0.39 is 5.41 Å². The Hall–Kier alpha value is -0.640. The molecular weight excluding hydrogens is 256 g/mol. The number of piperidine rings is 1. The topological polar surface area (TPSA) is 46.3 Å². The van der Waals surface area contributed by atoms with E-state index in [1.54, 1.807) is 0 Å². The lowest BCUT2D eigenvalue weighted by molar-refractivity contribution is -0.140. The molecular formula is C15H28N2OS. The first kappa shape index (κ1) is 16.4. The first-order chi connectivity index (χ1) is 9.01. The summed E-state index contributed by atoms with van der Waals surface area (Å²) in [4.78, 5) is 15.1. The van der Waals surface area contributed by atoms with Gasteiger partial charge in [-0.2, -0.15) is 0 Å². The molecule has 0 aliphatic carbocycles. The van der Waals surface area contributed by atoms with E-state index >= 15 is 0 Å². The SMILES string of the molecule is CCCC1CCN(C(=O)C(CC)(CC)C(N)=S)CC1. The highest BCUT2D eigenvalue weighted by atomic mass is 32.1. The number of hydrogen-bond donors (Lipinski definition) is 1. The Bertz CT molecular complexity index is 318. The molecule has 1 amide bonds. The zero-order valence-corrected chi connectivity index (χ0v) is 13.4. The van der Waals surface area contributed by atoms with E-state index in [1.807, 2.05) is 18.7 Å². The summed E-state index contributed by atoms with van der Waals surface area (Å²) in [6, 6.07) is 0. The third kappa shape index (κ3) is 3.47. The average molecular weight is 284 g/mol. The van der Waals surface area contributed by atoms with Crippen LogP contribution in [0.2, 0.25) is 0 Å². The van der Waals surface area contributed by atoms with Gasteiger partial charge in [0.25, 0.3) is 0 Å². The van der Waals surface area contributed by atoms with Crippen molar-refractivity contribution in [2.45, 2.75) is 59.3 Å². The fourth-order valence-electron chi connectivity index (χ4n) is 3.14. The van der Waals surface area contributed by atoms with Gasteiger partial charge in [0.2, 0.25) is 5.91 Å². The highest BCUT2D eigenvalue weighted by Gasteiger charge is 2.41. The zero-order valence-electron chi connectivity index (χ0n) is 12.6. The summed E-state index contributed by atoms with van der Waals surface area (Å²) in [6.45, 7) is 7.97. The predicted molar refractivity (Wildman–Crippen MR) is 84.0 cm³/mol. The van der Waals surface area contributed by atoms with Crippen LogP contribution in [0, 0.1) is 11.3 Å². The molecule has 19 heavy (non-hydrogen) atoms. The van der Waals surface area contributed by atoms with Gasteiger partial charge < -0.3 is 10.6 Å². The summed E-state index contributed by atoms with van der Waals surface area (Å²) in [5, 5.41) is 0. The van der Waals surface area contributed by atoms with Crippen molar-refractivity contribution in [1.82, 2.24) is 4.90 Å². The maximum absolute atomic E-state index is 12.7. The van der Waals surface area contributed by atoms with Gasteiger partial charge in [0, 0.05) is 13.1 Å². The van der Waals surface area contributed by atoms with Crippen molar-refractivity contribution in [2.75, 3.05) is 13.1 Å². The van der Waals surface area contributed by atoms with Crippen LogP contribution in [-0.2, 0) is 4.79 Å². The largest absolute Gasteiger partial charge is 0.392 e. The van der Waals surface area contributed by atoms with Crippen LogP contribution in [-0.4, -0.2) is 28.9 Å². The minimum absolute atomic E-state index is 0.153. The molecule has 0 atom stereocenters. The Balaban J connectivity index is 2.70. The number of nitrogens with two attached hydrogens (primary N) is 1. The van der Waals surface area contributed by atoms with E-state index in [4.69, 9.17) is 18.0 Å². The van der Waals surface area contributed by atoms with E-state index in [9.17, 15) is 4.79 Å². The van der Waals surface area contributed by atoms with Crippen molar-refractivity contribution >= 4 is 23.1 Å². The van der Waals surface area contributed by atoms with Crippen LogP contribution in [0.5, 0.6) is 0 Å².